The second kappa shape index (κ2) is 4.81. The Kier molecular flexibility index (Phi) is 3.57. The Hall–Kier alpha value is -0.830. The van der Waals surface area contributed by atoms with Gasteiger partial charge in [0, 0.05) is 16.1 Å². The number of aliphatic hydroxyl groups is 1. The molecule has 0 atom stereocenters. The number of rotatable bonds is 2. The molecular formula is C13H13Cl2NO. The molecule has 0 fully saturated rings. The van der Waals surface area contributed by atoms with E-state index in [2.05, 4.69) is 18.8 Å². The zero-order valence-corrected chi connectivity index (χ0v) is 11.2. The van der Waals surface area contributed by atoms with Crippen LogP contribution in [0.25, 0.3) is 10.9 Å². The molecule has 1 heterocycles. The van der Waals surface area contributed by atoms with Crippen LogP contribution < -0.4 is 0 Å². The van der Waals surface area contributed by atoms with Crippen molar-refractivity contribution in [3.8, 4) is 0 Å². The Bertz CT molecular complexity index is 567. The molecule has 0 aliphatic carbocycles. The molecule has 0 saturated heterocycles. The van der Waals surface area contributed by atoms with Crippen LogP contribution in [-0.2, 0) is 6.61 Å². The maximum absolute atomic E-state index is 9.41. The molecule has 0 radical (unpaired) electrons. The van der Waals surface area contributed by atoms with Crippen molar-refractivity contribution >= 4 is 34.1 Å². The molecule has 1 aromatic heterocycles. The Morgan fingerprint density at radius 2 is 1.94 bits per heavy atom. The van der Waals surface area contributed by atoms with Gasteiger partial charge in [0.1, 0.15) is 0 Å². The molecule has 17 heavy (non-hydrogen) atoms. The number of hydrogen-bond donors (Lipinski definition) is 1. The Balaban J connectivity index is 2.82. The van der Waals surface area contributed by atoms with E-state index in [1.165, 1.54) is 0 Å². The topological polar surface area (TPSA) is 33.1 Å². The van der Waals surface area contributed by atoms with Gasteiger partial charge in [0.2, 0.25) is 0 Å². The van der Waals surface area contributed by atoms with E-state index < -0.39 is 0 Å². The maximum Gasteiger partial charge on any atom is 0.0896 e. The number of fused-ring (bicyclic) bond motifs is 1. The number of benzene rings is 1. The average molecular weight is 270 g/mol. The first kappa shape index (κ1) is 12.6. The number of hydrogen-bond acceptors (Lipinski definition) is 2. The van der Waals surface area contributed by atoms with Crippen LogP contribution in [0.2, 0.25) is 10.0 Å². The Labute approximate surface area is 110 Å². The molecule has 1 N–H and O–H groups in total. The lowest BCUT2D eigenvalue weighted by atomic mass is 10.0. The highest BCUT2D eigenvalue weighted by atomic mass is 35.5. The second-order valence-electron chi connectivity index (χ2n) is 4.30. The van der Waals surface area contributed by atoms with Gasteiger partial charge in [-0.05, 0) is 29.7 Å². The van der Waals surface area contributed by atoms with E-state index in [4.69, 9.17) is 23.2 Å². The van der Waals surface area contributed by atoms with Gasteiger partial charge in [-0.2, -0.15) is 0 Å². The van der Waals surface area contributed by atoms with Crippen LogP contribution in [0, 0.1) is 0 Å². The minimum absolute atomic E-state index is 0.0462. The fourth-order valence-corrected chi connectivity index (χ4v) is 2.30. The van der Waals surface area contributed by atoms with Crippen LogP contribution in [0.15, 0.2) is 18.2 Å². The van der Waals surface area contributed by atoms with Gasteiger partial charge in [0.25, 0.3) is 0 Å². The number of nitrogens with zero attached hydrogens (tertiary/aromatic N) is 1. The minimum Gasteiger partial charge on any atom is -0.392 e. The van der Waals surface area contributed by atoms with Crippen molar-refractivity contribution in [3.05, 3.63) is 39.5 Å². The van der Waals surface area contributed by atoms with E-state index in [9.17, 15) is 5.11 Å². The Morgan fingerprint density at radius 1 is 1.24 bits per heavy atom. The lowest BCUT2D eigenvalue weighted by Crippen LogP contribution is -1.98. The zero-order chi connectivity index (χ0) is 12.6. The number of aliphatic hydroxyl groups excluding tert-OH is 1. The number of pyridine rings is 1. The third kappa shape index (κ3) is 2.39. The first-order valence-electron chi connectivity index (χ1n) is 5.42. The molecule has 1 aromatic carbocycles. The molecule has 2 nitrogen and oxygen atoms in total. The van der Waals surface area contributed by atoms with Crippen LogP contribution in [0.1, 0.15) is 31.0 Å². The van der Waals surface area contributed by atoms with E-state index in [0.29, 0.717) is 15.6 Å². The highest BCUT2D eigenvalue weighted by Gasteiger charge is 2.11. The predicted octanol–water partition coefficient (Wildman–Crippen LogP) is 4.16. The molecule has 2 rings (SSSR count). The smallest absolute Gasteiger partial charge is 0.0896 e. The van der Waals surface area contributed by atoms with E-state index in [0.717, 1.165) is 16.6 Å². The molecule has 2 aromatic rings. The second-order valence-corrected chi connectivity index (χ2v) is 5.15. The molecule has 0 bridgehead atoms. The van der Waals surface area contributed by atoms with Gasteiger partial charge in [-0.15, -0.1) is 0 Å². The van der Waals surface area contributed by atoms with Gasteiger partial charge in [0.15, 0.2) is 0 Å². The fourth-order valence-electron chi connectivity index (χ4n) is 1.77. The molecule has 0 aliphatic heterocycles. The summed E-state index contributed by atoms with van der Waals surface area (Å²) in [7, 11) is 0. The van der Waals surface area contributed by atoms with E-state index in [1.54, 1.807) is 12.1 Å². The van der Waals surface area contributed by atoms with Gasteiger partial charge >= 0.3 is 0 Å². The maximum atomic E-state index is 9.41. The van der Waals surface area contributed by atoms with Crippen molar-refractivity contribution in [2.45, 2.75) is 26.4 Å². The molecule has 90 valence electrons. The fraction of sp³-hybridized carbons (Fsp3) is 0.308. The summed E-state index contributed by atoms with van der Waals surface area (Å²) in [5, 5.41) is 11.3. The molecule has 0 unspecified atom stereocenters. The number of halogens is 2. The van der Waals surface area contributed by atoms with Crippen LogP contribution in [-0.4, -0.2) is 10.1 Å². The van der Waals surface area contributed by atoms with Gasteiger partial charge in [-0.25, -0.2) is 0 Å². The average Bonchev–Trinajstić information content (AvgIpc) is 2.27. The van der Waals surface area contributed by atoms with Crippen molar-refractivity contribution < 1.29 is 5.11 Å². The van der Waals surface area contributed by atoms with Gasteiger partial charge in [-0.1, -0.05) is 37.0 Å². The minimum atomic E-state index is -0.0462. The zero-order valence-electron chi connectivity index (χ0n) is 9.67. The van der Waals surface area contributed by atoms with E-state index in [-0.39, 0.29) is 12.5 Å². The standard InChI is InChI=1S/C13H13Cl2NO/c1-7(2)12-3-8(6-17)10-4-9(14)5-11(15)13(10)16-12/h3-5,7,17H,6H2,1-2H3. The highest BCUT2D eigenvalue weighted by Crippen LogP contribution is 2.30. The summed E-state index contributed by atoms with van der Waals surface area (Å²) in [5.41, 5.74) is 2.43. The molecule has 0 spiro atoms. The summed E-state index contributed by atoms with van der Waals surface area (Å²) < 4.78 is 0. The lowest BCUT2D eigenvalue weighted by Gasteiger charge is -2.11. The third-order valence-corrected chi connectivity index (χ3v) is 3.21. The van der Waals surface area contributed by atoms with Crippen molar-refractivity contribution in [3.63, 3.8) is 0 Å². The molecule has 0 aliphatic rings. The number of aromatic nitrogens is 1. The lowest BCUT2D eigenvalue weighted by molar-refractivity contribution is 0.283. The molecule has 0 amide bonds. The van der Waals surface area contributed by atoms with Crippen molar-refractivity contribution in [1.29, 1.82) is 0 Å². The monoisotopic (exact) mass is 269 g/mol. The van der Waals surface area contributed by atoms with Crippen molar-refractivity contribution in [1.82, 2.24) is 4.98 Å². The quantitative estimate of drug-likeness (QED) is 0.888. The normalized spacial score (nSPS) is 11.4. The van der Waals surface area contributed by atoms with Crippen LogP contribution >= 0.6 is 23.2 Å². The van der Waals surface area contributed by atoms with Crippen molar-refractivity contribution in [2.24, 2.45) is 0 Å². The first-order valence-corrected chi connectivity index (χ1v) is 6.18. The summed E-state index contributed by atoms with van der Waals surface area (Å²) >= 11 is 12.1. The Morgan fingerprint density at radius 3 is 2.53 bits per heavy atom. The largest absolute Gasteiger partial charge is 0.392 e. The van der Waals surface area contributed by atoms with E-state index >= 15 is 0 Å². The summed E-state index contributed by atoms with van der Waals surface area (Å²) in [6.45, 7) is 4.06. The van der Waals surface area contributed by atoms with Gasteiger partial charge in [0.05, 0.1) is 17.1 Å². The summed E-state index contributed by atoms with van der Waals surface area (Å²) in [5.74, 6) is 0.288. The highest BCUT2D eigenvalue weighted by molar-refractivity contribution is 6.38. The molecular weight excluding hydrogens is 257 g/mol. The van der Waals surface area contributed by atoms with E-state index in [1.807, 2.05) is 6.07 Å². The first-order chi connectivity index (χ1) is 8.02. The molecule has 0 saturated carbocycles. The van der Waals surface area contributed by atoms with Gasteiger partial charge < -0.3 is 5.11 Å². The van der Waals surface area contributed by atoms with Crippen LogP contribution in [0.5, 0.6) is 0 Å². The summed E-state index contributed by atoms with van der Waals surface area (Å²) in [4.78, 5) is 4.52. The molecule has 4 heteroatoms. The van der Waals surface area contributed by atoms with Crippen LogP contribution in [0.4, 0.5) is 0 Å². The third-order valence-electron chi connectivity index (χ3n) is 2.70. The summed E-state index contributed by atoms with van der Waals surface area (Å²) in [6, 6.07) is 5.36. The van der Waals surface area contributed by atoms with Gasteiger partial charge in [-0.3, -0.25) is 4.98 Å². The summed E-state index contributed by atoms with van der Waals surface area (Å²) in [6.07, 6.45) is 0. The SMILES string of the molecule is CC(C)c1cc(CO)c2cc(Cl)cc(Cl)c2n1. The predicted molar refractivity (Wildman–Crippen MR) is 71.8 cm³/mol. The van der Waals surface area contributed by atoms with Crippen LogP contribution in [0.3, 0.4) is 0 Å². The van der Waals surface area contributed by atoms with Crippen molar-refractivity contribution in [2.75, 3.05) is 0 Å².